The third kappa shape index (κ3) is 2.97. The number of anilines is 1. The molecule has 3 unspecified atom stereocenters. The number of nitro groups is 1. The fraction of sp³-hybridized carbons (Fsp3) is 0.269. The number of nitro benzene ring substituents is 1. The average molecular weight is 472 g/mol. The van der Waals surface area contributed by atoms with Crippen molar-refractivity contribution in [2.24, 2.45) is 5.92 Å². The first-order chi connectivity index (χ1) is 16.9. The van der Waals surface area contributed by atoms with Gasteiger partial charge in [0.1, 0.15) is 17.1 Å². The van der Waals surface area contributed by atoms with E-state index in [1.165, 1.54) is 36.5 Å². The predicted molar refractivity (Wildman–Crippen MR) is 124 cm³/mol. The molecule has 3 aliphatic heterocycles. The zero-order chi connectivity index (χ0) is 24.3. The highest BCUT2D eigenvalue weighted by atomic mass is 19.1. The molecule has 2 saturated heterocycles. The van der Waals surface area contributed by atoms with Crippen LogP contribution in [0.5, 0.6) is 0 Å². The zero-order valence-corrected chi connectivity index (χ0v) is 18.6. The maximum Gasteiger partial charge on any atom is 0.269 e. The van der Waals surface area contributed by atoms with E-state index < -0.39 is 28.1 Å². The maximum atomic E-state index is 14.5. The molecule has 4 heterocycles. The number of carbonyl (C=O) groups is 2. The van der Waals surface area contributed by atoms with Crippen molar-refractivity contribution in [1.29, 1.82) is 0 Å². The van der Waals surface area contributed by atoms with Crippen molar-refractivity contribution >= 4 is 23.1 Å². The highest BCUT2D eigenvalue weighted by Gasteiger charge is 2.69. The van der Waals surface area contributed by atoms with Crippen molar-refractivity contribution in [3.05, 3.63) is 99.6 Å². The number of fused-ring (bicyclic) bond motifs is 4. The minimum absolute atomic E-state index is 0.0524. The highest BCUT2D eigenvalue weighted by Crippen LogP contribution is 2.61. The summed E-state index contributed by atoms with van der Waals surface area (Å²) in [5.74, 6) is -2.49. The molecule has 176 valence electrons. The molecule has 8 nitrogen and oxygen atoms in total. The van der Waals surface area contributed by atoms with Crippen LogP contribution in [-0.2, 0) is 10.3 Å². The monoisotopic (exact) mass is 472 g/mol. The molecular weight excluding hydrogens is 451 g/mol. The molecule has 9 heteroatoms. The largest absolute Gasteiger partial charge is 0.324 e. The summed E-state index contributed by atoms with van der Waals surface area (Å²) >= 11 is 0. The quantitative estimate of drug-likeness (QED) is 0.349. The smallest absolute Gasteiger partial charge is 0.269 e. The number of halogens is 1. The van der Waals surface area contributed by atoms with Crippen LogP contribution < -0.4 is 5.32 Å². The van der Waals surface area contributed by atoms with Crippen molar-refractivity contribution in [1.82, 2.24) is 9.88 Å². The lowest BCUT2D eigenvalue weighted by atomic mass is 9.69. The first kappa shape index (κ1) is 21.5. The van der Waals surface area contributed by atoms with Crippen molar-refractivity contribution < 1.29 is 18.9 Å². The second-order valence-electron chi connectivity index (χ2n) is 9.24. The molecule has 0 radical (unpaired) electrons. The molecule has 3 aliphatic rings. The standard InChI is InChI=1S/C26H21FN4O4/c27-16-8-11-19-18(14-16)26(25(33)29-19)23(24(32)20-4-1-2-12-28-20)22(21-5-3-13-30(21)26)15-6-9-17(10-7-15)31(34)35/h1-2,4,6-12,14,21-23H,3,5,13H2,(H,29,33)/t21?,22?,23?,26-/m1/s1. The fourth-order valence-electron chi connectivity index (χ4n) is 6.39. The van der Waals surface area contributed by atoms with Gasteiger partial charge in [0.15, 0.2) is 5.78 Å². The maximum absolute atomic E-state index is 14.5. The Kier molecular flexibility index (Phi) is 4.79. The summed E-state index contributed by atoms with van der Waals surface area (Å²) in [6.07, 6.45) is 3.09. The summed E-state index contributed by atoms with van der Waals surface area (Å²) in [5.41, 5.74) is 0.445. The fourth-order valence-corrected chi connectivity index (χ4v) is 6.39. The molecule has 2 aromatic carbocycles. The van der Waals surface area contributed by atoms with E-state index in [4.69, 9.17) is 0 Å². The number of benzene rings is 2. The van der Waals surface area contributed by atoms with Gasteiger partial charge in [-0.3, -0.25) is 29.6 Å². The molecule has 3 aromatic rings. The van der Waals surface area contributed by atoms with Gasteiger partial charge in [0.2, 0.25) is 5.91 Å². The van der Waals surface area contributed by atoms with Crippen molar-refractivity contribution in [2.45, 2.75) is 30.3 Å². The van der Waals surface area contributed by atoms with E-state index in [-0.39, 0.29) is 29.1 Å². The molecule has 4 atom stereocenters. The first-order valence-electron chi connectivity index (χ1n) is 11.5. The summed E-state index contributed by atoms with van der Waals surface area (Å²) < 4.78 is 14.5. The number of carbonyl (C=O) groups excluding carboxylic acids is 2. The first-order valence-corrected chi connectivity index (χ1v) is 11.5. The highest BCUT2D eigenvalue weighted by molar-refractivity contribution is 6.12. The number of nitrogens with one attached hydrogen (secondary N) is 1. The van der Waals surface area contributed by atoms with Gasteiger partial charge < -0.3 is 5.32 Å². The van der Waals surface area contributed by atoms with Crippen LogP contribution in [0, 0.1) is 21.8 Å². The van der Waals surface area contributed by atoms with Gasteiger partial charge in [-0.15, -0.1) is 0 Å². The molecule has 1 N–H and O–H groups in total. The van der Waals surface area contributed by atoms with Crippen LogP contribution in [0.2, 0.25) is 0 Å². The third-order valence-electron chi connectivity index (χ3n) is 7.65. The lowest BCUT2D eigenvalue weighted by Crippen LogP contribution is -2.53. The third-order valence-corrected chi connectivity index (χ3v) is 7.65. The van der Waals surface area contributed by atoms with E-state index in [1.54, 1.807) is 30.3 Å². The SMILES string of the molecule is O=C(c1ccccn1)C1C(c2ccc([N+](=O)[O-])cc2)C2CCCN2[C@@]12C(=O)Nc1ccc(F)cc12. The second kappa shape index (κ2) is 7.78. The van der Waals surface area contributed by atoms with Crippen LogP contribution in [0.1, 0.15) is 40.4 Å². The Morgan fingerprint density at radius 2 is 1.97 bits per heavy atom. The molecule has 1 aromatic heterocycles. The number of hydrogen-bond acceptors (Lipinski definition) is 6. The number of aromatic nitrogens is 1. The zero-order valence-electron chi connectivity index (χ0n) is 18.6. The van der Waals surface area contributed by atoms with Crippen LogP contribution in [0.15, 0.2) is 66.9 Å². The van der Waals surface area contributed by atoms with Crippen LogP contribution in [-0.4, -0.2) is 39.1 Å². The van der Waals surface area contributed by atoms with E-state index in [9.17, 15) is 24.1 Å². The normalized spacial score (nSPS) is 27.0. The van der Waals surface area contributed by atoms with Gasteiger partial charge in [-0.2, -0.15) is 0 Å². The van der Waals surface area contributed by atoms with Gasteiger partial charge in [-0.05, 0) is 55.3 Å². The molecule has 1 spiro atoms. The number of pyridine rings is 1. The molecule has 6 rings (SSSR count). The number of hydrogen-bond donors (Lipinski definition) is 1. The van der Waals surface area contributed by atoms with E-state index in [0.29, 0.717) is 17.8 Å². The van der Waals surface area contributed by atoms with E-state index in [2.05, 4.69) is 10.3 Å². The number of nitrogens with zero attached hydrogens (tertiary/aromatic N) is 3. The molecular formula is C26H21FN4O4. The molecule has 35 heavy (non-hydrogen) atoms. The van der Waals surface area contributed by atoms with Crippen LogP contribution in [0.4, 0.5) is 15.8 Å². The van der Waals surface area contributed by atoms with Gasteiger partial charge in [0.05, 0.1) is 10.8 Å². The van der Waals surface area contributed by atoms with Crippen LogP contribution in [0.3, 0.4) is 0 Å². The van der Waals surface area contributed by atoms with Gasteiger partial charge in [0, 0.05) is 41.5 Å². The molecule has 2 fully saturated rings. The second-order valence-corrected chi connectivity index (χ2v) is 9.24. The Labute approximate surface area is 199 Å². The molecule has 0 bridgehead atoms. The van der Waals surface area contributed by atoms with E-state index in [1.807, 2.05) is 4.90 Å². The predicted octanol–water partition coefficient (Wildman–Crippen LogP) is 4.04. The number of non-ortho nitro benzene ring substituents is 1. The summed E-state index contributed by atoms with van der Waals surface area (Å²) in [7, 11) is 0. The summed E-state index contributed by atoms with van der Waals surface area (Å²) in [6, 6.07) is 15.2. The topological polar surface area (TPSA) is 105 Å². The van der Waals surface area contributed by atoms with Gasteiger partial charge in [0.25, 0.3) is 5.69 Å². The van der Waals surface area contributed by atoms with E-state index in [0.717, 1.165) is 18.4 Å². The van der Waals surface area contributed by atoms with Crippen molar-refractivity contribution in [3.63, 3.8) is 0 Å². The van der Waals surface area contributed by atoms with Crippen molar-refractivity contribution in [2.75, 3.05) is 11.9 Å². The minimum atomic E-state index is -1.40. The number of amides is 1. The van der Waals surface area contributed by atoms with Gasteiger partial charge in [-0.25, -0.2) is 4.39 Å². The summed E-state index contributed by atoms with van der Waals surface area (Å²) in [4.78, 5) is 45.1. The van der Waals surface area contributed by atoms with Gasteiger partial charge in [-0.1, -0.05) is 18.2 Å². The molecule has 0 aliphatic carbocycles. The Bertz CT molecular complexity index is 1360. The number of ketones is 1. The Balaban J connectivity index is 1.60. The molecule has 1 amide bonds. The van der Waals surface area contributed by atoms with Crippen LogP contribution in [0.25, 0.3) is 0 Å². The van der Waals surface area contributed by atoms with Crippen LogP contribution >= 0.6 is 0 Å². The average Bonchev–Trinajstić information content (AvgIpc) is 3.53. The van der Waals surface area contributed by atoms with E-state index >= 15 is 0 Å². The Morgan fingerprint density at radius 1 is 1.17 bits per heavy atom. The van der Waals surface area contributed by atoms with Gasteiger partial charge >= 0.3 is 0 Å². The lowest BCUT2D eigenvalue weighted by Gasteiger charge is -2.36. The number of rotatable bonds is 4. The summed E-state index contributed by atoms with van der Waals surface area (Å²) in [5, 5.41) is 14.1. The minimum Gasteiger partial charge on any atom is -0.324 e. The lowest BCUT2D eigenvalue weighted by molar-refractivity contribution is -0.384. The summed E-state index contributed by atoms with van der Waals surface area (Å²) in [6.45, 7) is 0.573. The van der Waals surface area contributed by atoms with Crippen molar-refractivity contribution in [3.8, 4) is 0 Å². The Morgan fingerprint density at radius 3 is 2.69 bits per heavy atom. The Hall–Kier alpha value is -3.98. The number of Topliss-reactive ketones (excluding diaryl/α,β-unsaturated/α-hetero) is 1. The molecule has 0 saturated carbocycles.